The largest absolute Gasteiger partial charge is 0.465 e. The van der Waals surface area contributed by atoms with Gasteiger partial charge in [-0.1, -0.05) is 129 Å². The van der Waals surface area contributed by atoms with Crippen molar-refractivity contribution in [2.45, 2.75) is 178 Å². The summed E-state index contributed by atoms with van der Waals surface area (Å²) in [6.07, 6.45) is 19.9. The van der Waals surface area contributed by atoms with E-state index in [1.54, 1.807) is 0 Å². The minimum Gasteiger partial charge on any atom is -0.465 e. The van der Waals surface area contributed by atoms with Crippen molar-refractivity contribution in [3.8, 4) is 22.3 Å². The molecule has 0 saturated carbocycles. The summed E-state index contributed by atoms with van der Waals surface area (Å²) in [5.74, 6) is 0.763. The number of hydrogen-bond donors (Lipinski definition) is 5. The molecule has 2 aliphatic carbocycles. The fourth-order valence-electron chi connectivity index (χ4n) is 11.8. The summed E-state index contributed by atoms with van der Waals surface area (Å²) in [5, 5.41) is 10.5. The van der Waals surface area contributed by atoms with E-state index in [1.165, 1.54) is 57.3 Å². The van der Waals surface area contributed by atoms with Crippen LogP contribution in [0, 0.1) is 11.8 Å². The summed E-state index contributed by atoms with van der Waals surface area (Å²) in [7, 11) is 2.02. The summed E-state index contributed by atoms with van der Waals surface area (Å²) < 4.78 is 12.0. The number of hydrogen-bond acceptors (Lipinski definition) is 11. The molecule has 6 rings (SSSR count). The second-order valence-corrected chi connectivity index (χ2v) is 21.9. The standard InChI is InChI=1S/C65H93N5O6/c1-48(68-2)21-15-22-50(26-19-43-69-51(45-71)28-11-13-41-66)27-20-44-70-62(37-12-14-42-67)63(72)38-16-23-49(24-17-39-64(73)75-46-60-56-33-7-3-29-52(56)53-30-4-8-34-57(53)60)25-18-40-65(74)76-47-61-58-35-9-5-31-54(58)55-32-6-10-36-59(55)61/h3-10,29-36,45,48-51,60-62,68-70H,11-28,37-44,46-47,66-67H2,1-2H3/t48?,50?,51-,62-/m0/s1. The number of Topliss-reactive ketones (excluding diaryl/α,β-unsaturated/α-hetero) is 1. The number of carbonyl (C=O) groups excluding carboxylic acids is 4. The first kappa shape index (κ1) is 60.2. The van der Waals surface area contributed by atoms with E-state index in [4.69, 9.17) is 20.9 Å². The third kappa shape index (κ3) is 19.2. The second kappa shape index (κ2) is 34.0. The zero-order valence-electron chi connectivity index (χ0n) is 46.3. The molecule has 76 heavy (non-hydrogen) atoms. The fourth-order valence-corrected chi connectivity index (χ4v) is 11.8. The number of carbonyl (C=O) groups is 4. The third-order valence-corrected chi connectivity index (χ3v) is 16.4. The Hall–Kier alpha value is -5.04. The smallest absolute Gasteiger partial charge is 0.305 e. The van der Waals surface area contributed by atoms with E-state index in [0.717, 1.165) is 116 Å². The summed E-state index contributed by atoms with van der Waals surface area (Å²) >= 11 is 0. The minimum atomic E-state index is -0.203. The van der Waals surface area contributed by atoms with Crippen LogP contribution in [0.1, 0.15) is 182 Å². The molecule has 4 aromatic carbocycles. The Morgan fingerprint density at radius 1 is 0.500 bits per heavy atom. The number of rotatable bonds is 41. The van der Waals surface area contributed by atoms with Crippen molar-refractivity contribution in [2.75, 3.05) is 46.4 Å². The Labute approximate surface area is 456 Å². The molecule has 0 saturated heterocycles. The predicted molar refractivity (Wildman–Crippen MR) is 309 cm³/mol. The maximum absolute atomic E-state index is 14.0. The molecule has 0 aromatic heterocycles. The van der Waals surface area contributed by atoms with Crippen LogP contribution in [0.4, 0.5) is 0 Å². The average Bonchev–Trinajstić information content (AvgIpc) is 3.96. The van der Waals surface area contributed by atoms with Crippen molar-refractivity contribution < 1.29 is 28.7 Å². The van der Waals surface area contributed by atoms with Gasteiger partial charge < -0.3 is 41.7 Å². The number of ketones is 1. The lowest BCUT2D eigenvalue weighted by Crippen LogP contribution is -2.37. The molecule has 0 fully saturated rings. The number of fused-ring (bicyclic) bond motifs is 6. The molecular weight excluding hydrogens is 947 g/mol. The molecule has 0 aliphatic heterocycles. The molecule has 0 amide bonds. The van der Waals surface area contributed by atoms with Crippen LogP contribution in [0.5, 0.6) is 0 Å². The lowest BCUT2D eigenvalue weighted by atomic mass is 9.89. The van der Waals surface area contributed by atoms with Crippen LogP contribution < -0.4 is 27.4 Å². The van der Waals surface area contributed by atoms with Crippen molar-refractivity contribution in [3.63, 3.8) is 0 Å². The zero-order chi connectivity index (χ0) is 53.7. The molecule has 0 radical (unpaired) electrons. The highest BCUT2D eigenvalue weighted by molar-refractivity contribution is 5.84. The number of benzene rings is 4. The normalized spacial score (nSPS) is 14.4. The zero-order valence-corrected chi connectivity index (χ0v) is 46.3. The van der Waals surface area contributed by atoms with Gasteiger partial charge in [-0.3, -0.25) is 14.4 Å². The lowest BCUT2D eigenvalue weighted by molar-refractivity contribution is -0.144. The SMILES string of the molecule is CNC(C)CCCC(CCCN[C@H](C=O)CCCCN)CCCN[C@@H](CCCCN)C(=O)CCCC(CCCC(=O)OCC1c2ccccc2-c2ccccc21)CCCC(=O)OCC1c2ccccc2-c2ccccc21. The number of aldehydes is 1. The summed E-state index contributed by atoms with van der Waals surface area (Å²) in [6.45, 7) is 5.76. The van der Waals surface area contributed by atoms with Crippen molar-refractivity contribution in [2.24, 2.45) is 23.3 Å². The van der Waals surface area contributed by atoms with Crippen molar-refractivity contribution >= 4 is 24.0 Å². The fraction of sp³-hybridized carbons (Fsp3) is 0.569. The lowest BCUT2D eigenvalue weighted by Gasteiger charge is -2.22. The van der Waals surface area contributed by atoms with E-state index in [-0.39, 0.29) is 47.6 Å². The van der Waals surface area contributed by atoms with Crippen LogP contribution in [-0.4, -0.2) is 88.6 Å². The van der Waals surface area contributed by atoms with E-state index in [2.05, 4.69) is 95.7 Å². The van der Waals surface area contributed by atoms with E-state index in [9.17, 15) is 19.2 Å². The molecule has 7 N–H and O–H groups in total. The first-order chi connectivity index (χ1) is 37.2. The van der Waals surface area contributed by atoms with Gasteiger partial charge in [-0.05, 0) is 186 Å². The third-order valence-electron chi connectivity index (χ3n) is 16.4. The first-order valence-electron chi connectivity index (χ1n) is 29.4. The minimum absolute atomic E-state index is 0.0197. The van der Waals surface area contributed by atoms with Gasteiger partial charge in [-0.25, -0.2) is 0 Å². The highest BCUT2D eigenvalue weighted by Gasteiger charge is 2.31. The molecule has 0 spiro atoms. The van der Waals surface area contributed by atoms with Crippen molar-refractivity contribution in [1.82, 2.24) is 16.0 Å². The van der Waals surface area contributed by atoms with Crippen molar-refractivity contribution in [1.29, 1.82) is 0 Å². The number of unbranched alkanes of at least 4 members (excludes halogenated alkanes) is 2. The summed E-state index contributed by atoms with van der Waals surface area (Å²) in [4.78, 5) is 52.3. The van der Waals surface area contributed by atoms with Gasteiger partial charge in [0.15, 0.2) is 0 Å². The summed E-state index contributed by atoms with van der Waals surface area (Å²) in [6, 6.07) is 33.7. The van der Waals surface area contributed by atoms with Gasteiger partial charge in [-0.15, -0.1) is 0 Å². The van der Waals surface area contributed by atoms with E-state index in [1.807, 2.05) is 31.3 Å². The molecule has 4 aromatic rings. The van der Waals surface area contributed by atoms with Crippen LogP contribution in [0.3, 0.4) is 0 Å². The van der Waals surface area contributed by atoms with Crippen LogP contribution in [0.15, 0.2) is 97.1 Å². The van der Waals surface area contributed by atoms with Crippen molar-refractivity contribution in [3.05, 3.63) is 119 Å². The average molecular weight is 1040 g/mol. The van der Waals surface area contributed by atoms with E-state index >= 15 is 0 Å². The van der Waals surface area contributed by atoms with Crippen LogP contribution in [0.2, 0.25) is 0 Å². The van der Waals surface area contributed by atoms with Gasteiger partial charge in [0.05, 0.1) is 12.1 Å². The molecule has 4 atom stereocenters. The Balaban J connectivity index is 0.990. The first-order valence-corrected chi connectivity index (χ1v) is 29.4. The number of nitrogens with two attached hydrogens (primary N) is 2. The van der Waals surface area contributed by atoms with Gasteiger partial charge in [0, 0.05) is 37.1 Å². The Bertz CT molecular complexity index is 2150. The number of esters is 2. The second-order valence-electron chi connectivity index (χ2n) is 21.9. The topological polar surface area (TPSA) is 175 Å². The van der Waals surface area contributed by atoms with Gasteiger partial charge in [0.1, 0.15) is 25.3 Å². The molecule has 0 heterocycles. The predicted octanol–water partition coefficient (Wildman–Crippen LogP) is 11.7. The number of nitrogens with one attached hydrogen (secondary N) is 3. The van der Waals surface area contributed by atoms with Crippen LogP contribution >= 0.6 is 0 Å². The Morgan fingerprint density at radius 2 is 0.908 bits per heavy atom. The molecule has 2 unspecified atom stereocenters. The van der Waals surface area contributed by atoms with Gasteiger partial charge in [0.25, 0.3) is 0 Å². The quantitative estimate of drug-likeness (QED) is 0.0163. The van der Waals surface area contributed by atoms with Gasteiger partial charge in [0.2, 0.25) is 0 Å². The molecular formula is C65H93N5O6. The summed E-state index contributed by atoms with van der Waals surface area (Å²) in [5.41, 5.74) is 21.2. The highest BCUT2D eigenvalue weighted by atomic mass is 16.5. The molecule has 0 bridgehead atoms. The maximum atomic E-state index is 14.0. The van der Waals surface area contributed by atoms with E-state index in [0.29, 0.717) is 70.4 Å². The van der Waals surface area contributed by atoms with Crippen LogP contribution in [-0.2, 0) is 28.7 Å². The van der Waals surface area contributed by atoms with E-state index < -0.39 is 0 Å². The maximum Gasteiger partial charge on any atom is 0.305 e. The molecule has 414 valence electrons. The Kier molecular flexibility index (Phi) is 26.9. The van der Waals surface area contributed by atoms with Gasteiger partial charge >= 0.3 is 11.9 Å². The Morgan fingerprint density at radius 3 is 1.36 bits per heavy atom. The molecule has 2 aliphatic rings. The van der Waals surface area contributed by atoms with Crippen LogP contribution in [0.25, 0.3) is 22.3 Å². The monoisotopic (exact) mass is 1040 g/mol. The highest BCUT2D eigenvalue weighted by Crippen LogP contribution is 2.46. The molecule has 11 nitrogen and oxygen atoms in total. The molecule has 11 heteroatoms. The number of ether oxygens (including phenoxy) is 2. The van der Waals surface area contributed by atoms with Gasteiger partial charge in [-0.2, -0.15) is 0 Å².